The van der Waals surface area contributed by atoms with Gasteiger partial charge in [-0.05, 0) is 31.0 Å². The van der Waals surface area contributed by atoms with Gasteiger partial charge >= 0.3 is 12.6 Å². The number of halogens is 3. The zero-order chi connectivity index (χ0) is 16.3. The third-order valence-corrected chi connectivity index (χ3v) is 3.63. The number of carboxylic acid groups (broad SMARTS) is 1. The lowest BCUT2D eigenvalue weighted by molar-refractivity contribution is -0.144. The van der Waals surface area contributed by atoms with Crippen molar-refractivity contribution in [3.8, 4) is 5.75 Å². The zero-order valence-corrected chi connectivity index (χ0v) is 11.4. The first-order valence-electron chi connectivity index (χ1n) is 6.64. The predicted molar refractivity (Wildman–Crippen MR) is 69.3 cm³/mol. The maximum atomic E-state index is 13.7. The highest BCUT2D eigenvalue weighted by molar-refractivity contribution is 5.98. The lowest BCUT2D eigenvalue weighted by atomic mass is 9.97. The number of hydrogen-bond acceptors (Lipinski definition) is 3. The Hall–Kier alpha value is -2.25. The second-order valence-corrected chi connectivity index (χ2v) is 5.07. The van der Waals surface area contributed by atoms with Crippen LogP contribution in [0.15, 0.2) is 18.2 Å². The molecule has 2 N–H and O–H groups in total. The summed E-state index contributed by atoms with van der Waals surface area (Å²) in [5, 5.41) is 11.6. The summed E-state index contributed by atoms with van der Waals surface area (Å²) >= 11 is 0. The van der Waals surface area contributed by atoms with Gasteiger partial charge in [0.25, 0.3) is 5.91 Å². The first-order valence-corrected chi connectivity index (χ1v) is 6.64. The Labute approximate surface area is 124 Å². The maximum Gasteiger partial charge on any atom is 0.387 e. The van der Waals surface area contributed by atoms with Crippen LogP contribution in [0.3, 0.4) is 0 Å². The molecule has 22 heavy (non-hydrogen) atoms. The molecule has 1 aliphatic carbocycles. The van der Waals surface area contributed by atoms with E-state index in [-0.39, 0.29) is 18.6 Å². The molecule has 0 unspecified atom stereocenters. The Morgan fingerprint density at radius 3 is 2.45 bits per heavy atom. The van der Waals surface area contributed by atoms with E-state index in [1.807, 2.05) is 0 Å². The fraction of sp³-hybridized carbons (Fsp3) is 0.429. The highest BCUT2D eigenvalue weighted by Crippen LogP contribution is 2.30. The number of ether oxygens (including phenoxy) is 1. The maximum absolute atomic E-state index is 13.7. The topological polar surface area (TPSA) is 75.6 Å². The molecule has 1 fully saturated rings. The smallest absolute Gasteiger partial charge is 0.387 e. The molecule has 0 aromatic heterocycles. The first-order chi connectivity index (χ1) is 10.3. The molecular weight excluding hydrogens is 303 g/mol. The summed E-state index contributed by atoms with van der Waals surface area (Å²) in [5.41, 5.74) is -1.98. The number of nitrogens with one attached hydrogen (secondary N) is 1. The summed E-state index contributed by atoms with van der Waals surface area (Å²) in [6, 6.07) is 2.59. The van der Waals surface area contributed by atoms with Crippen LogP contribution < -0.4 is 10.1 Å². The Kier molecular flexibility index (Phi) is 4.58. The van der Waals surface area contributed by atoms with Crippen LogP contribution >= 0.6 is 0 Å². The Morgan fingerprint density at radius 2 is 1.91 bits per heavy atom. The third kappa shape index (κ3) is 3.32. The number of amides is 1. The van der Waals surface area contributed by atoms with Gasteiger partial charge in [0, 0.05) is 0 Å². The van der Waals surface area contributed by atoms with E-state index in [4.69, 9.17) is 0 Å². The van der Waals surface area contributed by atoms with Gasteiger partial charge in [-0.25, -0.2) is 9.18 Å². The van der Waals surface area contributed by atoms with Crippen LogP contribution in [-0.2, 0) is 4.79 Å². The lowest BCUT2D eigenvalue weighted by Gasteiger charge is -2.25. The molecule has 1 aromatic rings. The van der Waals surface area contributed by atoms with Crippen molar-refractivity contribution >= 4 is 11.9 Å². The first kappa shape index (κ1) is 16.1. The number of benzene rings is 1. The van der Waals surface area contributed by atoms with Crippen LogP contribution in [0.25, 0.3) is 0 Å². The molecular formula is C14H14F3NO4. The van der Waals surface area contributed by atoms with Crippen molar-refractivity contribution in [1.82, 2.24) is 5.32 Å². The van der Waals surface area contributed by atoms with E-state index in [0.29, 0.717) is 12.8 Å². The molecule has 0 radical (unpaired) electrons. The molecule has 2 rings (SSSR count). The van der Waals surface area contributed by atoms with E-state index in [9.17, 15) is 27.9 Å². The zero-order valence-electron chi connectivity index (χ0n) is 11.4. The van der Waals surface area contributed by atoms with Gasteiger partial charge in [-0.1, -0.05) is 12.8 Å². The number of carbonyl (C=O) groups is 2. The molecule has 1 aliphatic rings. The fourth-order valence-corrected chi connectivity index (χ4v) is 2.51. The number of alkyl halides is 2. The molecule has 0 heterocycles. The van der Waals surface area contributed by atoms with E-state index < -0.39 is 35.4 Å². The third-order valence-electron chi connectivity index (χ3n) is 3.63. The fourth-order valence-electron chi connectivity index (χ4n) is 2.51. The van der Waals surface area contributed by atoms with Crippen LogP contribution in [0, 0.1) is 5.82 Å². The van der Waals surface area contributed by atoms with Gasteiger partial charge in [-0.2, -0.15) is 8.78 Å². The number of aliphatic carboxylic acids is 1. The molecule has 0 spiro atoms. The van der Waals surface area contributed by atoms with Crippen molar-refractivity contribution in [1.29, 1.82) is 0 Å². The van der Waals surface area contributed by atoms with Crippen LogP contribution in [-0.4, -0.2) is 29.1 Å². The molecule has 0 saturated heterocycles. The summed E-state index contributed by atoms with van der Waals surface area (Å²) in [6.45, 7) is -3.11. The molecule has 1 aromatic carbocycles. The summed E-state index contributed by atoms with van der Waals surface area (Å²) in [5.74, 6) is -3.49. The van der Waals surface area contributed by atoms with Gasteiger partial charge < -0.3 is 15.2 Å². The Bertz CT molecular complexity index is 585. The minimum Gasteiger partial charge on any atom is -0.480 e. The van der Waals surface area contributed by atoms with Gasteiger partial charge in [-0.15, -0.1) is 0 Å². The summed E-state index contributed by atoms with van der Waals surface area (Å²) < 4.78 is 42.1. The van der Waals surface area contributed by atoms with Gasteiger partial charge in [-0.3, -0.25) is 4.79 Å². The quantitative estimate of drug-likeness (QED) is 0.875. The number of carboxylic acids is 1. The normalized spacial score (nSPS) is 16.5. The lowest BCUT2D eigenvalue weighted by Crippen LogP contribution is -2.52. The summed E-state index contributed by atoms with van der Waals surface area (Å²) in [7, 11) is 0. The monoisotopic (exact) mass is 317 g/mol. The van der Waals surface area contributed by atoms with Crippen molar-refractivity contribution < 1.29 is 32.6 Å². The van der Waals surface area contributed by atoms with Gasteiger partial charge in [0.1, 0.15) is 17.1 Å². The minimum atomic E-state index is -3.11. The van der Waals surface area contributed by atoms with Gasteiger partial charge in [0.05, 0.1) is 5.56 Å². The van der Waals surface area contributed by atoms with Crippen LogP contribution in [0.2, 0.25) is 0 Å². The minimum absolute atomic E-state index is 0.239. The molecule has 8 heteroatoms. The molecule has 0 aliphatic heterocycles. The molecule has 1 amide bonds. The largest absolute Gasteiger partial charge is 0.480 e. The second kappa shape index (κ2) is 6.25. The van der Waals surface area contributed by atoms with E-state index >= 15 is 0 Å². The molecule has 120 valence electrons. The highest BCUT2D eigenvalue weighted by atomic mass is 19.3. The molecule has 0 atom stereocenters. The van der Waals surface area contributed by atoms with Crippen molar-refractivity contribution in [2.24, 2.45) is 0 Å². The van der Waals surface area contributed by atoms with Crippen LogP contribution in [0.5, 0.6) is 5.75 Å². The molecule has 1 saturated carbocycles. The van der Waals surface area contributed by atoms with Crippen molar-refractivity contribution in [3.63, 3.8) is 0 Å². The molecule has 5 nitrogen and oxygen atoms in total. The SMILES string of the molecule is O=C(NC1(C(=O)O)CCCC1)c1cc(OC(F)F)ccc1F. The van der Waals surface area contributed by atoms with E-state index in [0.717, 1.165) is 18.2 Å². The predicted octanol–water partition coefficient (Wildman–Crippen LogP) is 2.55. The van der Waals surface area contributed by atoms with E-state index in [1.54, 1.807) is 0 Å². The highest BCUT2D eigenvalue weighted by Gasteiger charge is 2.43. The van der Waals surface area contributed by atoms with Crippen molar-refractivity contribution in [2.75, 3.05) is 0 Å². The van der Waals surface area contributed by atoms with E-state index in [2.05, 4.69) is 10.1 Å². The summed E-state index contributed by atoms with van der Waals surface area (Å²) in [6.07, 6.45) is 1.74. The average Bonchev–Trinajstić information content (AvgIpc) is 2.90. The molecule has 0 bridgehead atoms. The van der Waals surface area contributed by atoms with E-state index in [1.165, 1.54) is 0 Å². The van der Waals surface area contributed by atoms with Crippen molar-refractivity contribution in [2.45, 2.75) is 37.8 Å². The number of carbonyl (C=O) groups excluding carboxylic acids is 1. The number of rotatable bonds is 5. The Balaban J connectivity index is 2.23. The van der Waals surface area contributed by atoms with Crippen molar-refractivity contribution in [3.05, 3.63) is 29.6 Å². The standard InChI is InChI=1S/C14H14F3NO4/c15-10-4-3-8(22-13(16)17)7-9(10)11(19)18-14(12(20)21)5-1-2-6-14/h3-4,7,13H,1-2,5-6H2,(H,18,19)(H,20,21). The summed E-state index contributed by atoms with van der Waals surface area (Å²) in [4.78, 5) is 23.5. The number of hydrogen-bond donors (Lipinski definition) is 2. The van der Waals surface area contributed by atoms with Crippen LogP contribution in [0.1, 0.15) is 36.0 Å². The second-order valence-electron chi connectivity index (χ2n) is 5.07. The van der Waals surface area contributed by atoms with Crippen LogP contribution in [0.4, 0.5) is 13.2 Å². The average molecular weight is 317 g/mol. The van der Waals surface area contributed by atoms with Gasteiger partial charge in [0.2, 0.25) is 0 Å². The van der Waals surface area contributed by atoms with Gasteiger partial charge in [0.15, 0.2) is 0 Å². The Morgan fingerprint density at radius 1 is 1.27 bits per heavy atom.